The molecule has 0 atom stereocenters. The topological polar surface area (TPSA) is 38.1 Å². The summed E-state index contributed by atoms with van der Waals surface area (Å²) in [6.45, 7) is 0.525. The normalized spacial score (nSPS) is 10.3. The van der Waals surface area contributed by atoms with Gasteiger partial charge in [0, 0.05) is 25.7 Å². The van der Waals surface area contributed by atoms with Crippen LogP contribution in [0.5, 0.6) is 0 Å². The molecule has 0 N–H and O–H groups in total. The Balaban J connectivity index is 2.18. The molecule has 0 radical (unpaired) electrons. The van der Waals surface area contributed by atoms with Gasteiger partial charge in [-0.25, -0.2) is 4.68 Å². The molecule has 1 amide bonds. The van der Waals surface area contributed by atoms with E-state index in [0.717, 1.165) is 5.69 Å². The number of carbonyl (C=O) groups excluding carboxylic acids is 1. The van der Waals surface area contributed by atoms with Crippen LogP contribution in [0.1, 0.15) is 10.4 Å². The van der Waals surface area contributed by atoms with E-state index in [-0.39, 0.29) is 5.91 Å². The second kappa shape index (κ2) is 5.69. The molecular weight excluding hydrogens is 250 g/mol. The van der Waals surface area contributed by atoms with Gasteiger partial charge in [0.25, 0.3) is 5.91 Å². The van der Waals surface area contributed by atoms with Crippen molar-refractivity contribution < 1.29 is 4.79 Å². The van der Waals surface area contributed by atoms with Crippen LogP contribution in [0.15, 0.2) is 42.7 Å². The summed E-state index contributed by atoms with van der Waals surface area (Å²) >= 11 is 5.61. The summed E-state index contributed by atoms with van der Waals surface area (Å²) in [5.41, 5.74) is 1.49. The maximum absolute atomic E-state index is 12.0. The Kier molecular flexibility index (Phi) is 3.99. The van der Waals surface area contributed by atoms with Crippen molar-refractivity contribution in [1.82, 2.24) is 14.7 Å². The minimum atomic E-state index is -0.0715. The molecule has 18 heavy (non-hydrogen) atoms. The Morgan fingerprint density at radius 1 is 1.39 bits per heavy atom. The maximum atomic E-state index is 12.0. The number of aromatic nitrogens is 2. The Labute approximate surface area is 111 Å². The van der Waals surface area contributed by atoms with Gasteiger partial charge in [-0.1, -0.05) is 18.2 Å². The lowest BCUT2D eigenvalue weighted by Crippen LogP contribution is -2.28. The van der Waals surface area contributed by atoms with Gasteiger partial charge in [0.05, 0.1) is 17.4 Å². The van der Waals surface area contributed by atoms with Crippen molar-refractivity contribution in [2.24, 2.45) is 0 Å². The number of halogens is 1. The van der Waals surface area contributed by atoms with E-state index in [4.69, 9.17) is 11.6 Å². The molecule has 4 nitrogen and oxygen atoms in total. The second-order valence-electron chi connectivity index (χ2n) is 3.92. The Morgan fingerprint density at radius 2 is 2.11 bits per heavy atom. The zero-order chi connectivity index (χ0) is 13.0. The molecule has 0 aliphatic heterocycles. The summed E-state index contributed by atoms with van der Waals surface area (Å²) in [5.74, 6) is 0.354. The van der Waals surface area contributed by atoms with Crippen molar-refractivity contribution in [2.45, 2.75) is 0 Å². The predicted molar refractivity (Wildman–Crippen MR) is 71.2 cm³/mol. The van der Waals surface area contributed by atoms with E-state index in [1.165, 1.54) is 0 Å². The molecule has 0 saturated carbocycles. The molecule has 5 heteroatoms. The smallest absolute Gasteiger partial charge is 0.256 e. The molecule has 0 aliphatic rings. The van der Waals surface area contributed by atoms with E-state index in [1.807, 2.05) is 30.3 Å². The van der Waals surface area contributed by atoms with E-state index < -0.39 is 0 Å². The molecule has 0 bridgehead atoms. The largest absolute Gasteiger partial charge is 0.340 e. The minimum absolute atomic E-state index is 0.0715. The standard InChI is InChI=1S/C13H14ClN3O/c1-16(8-7-14)13(18)11-9-15-17(10-11)12-5-3-2-4-6-12/h2-6,9-10H,7-8H2,1H3. The fourth-order valence-electron chi connectivity index (χ4n) is 1.60. The van der Waals surface area contributed by atoms with E-state index in [9.17, 15) is 4.79 Å². The number of nitrogens with zero attached hydrogens (tertiary/aromatic N) is 3. The van der Waals surface area contributed by atoms with Gasteiger partial charge in [0.1, 0.15) is 0 Å². The van der Waals surface area contributed by atoms with Crippen LogP contribution in [-0.4, -0.2) is 40.1 Å². The van der Waals surface area contributed by atoms with Crippen LogP contribution in [0.25, 0.3) is 5.69 Å². The number of carbonyl (C=O) groups is 1. The summed E-state index contributed by atoms with van der Waals surface area (Å²) in [6.07, 6.45) is 3.29. The summed E-state index contributed by atoms with van der Waals surface area (Å²) in [5, 5.41) is 4.19. The van der Waals surface area contributed by atoms with Gasteiger partial charge < -0.3 is 4.90 Å². The first kappa shape index (κ1) is 12.6. The Hall–Kier alpha value is -1.81. The van der Waals surface area contributed by atoms with Crippen molar-refractivity contribution in [3.63, 3.8) is 0 Å². The first-order chi connectivity index (χ1) is 8.72. The molecule has 94 valence electrons. The number of rotatable bonds is 4. The molecule has 1 aromatic carbocycles. The summed E-state index contributed by atoms with van der Waals surface area (Å²) in [7, 11) is 1.73. The molecule has 0 aliphatic carbocycles. The first-order valence-corrected chi connectivity index (χ1v) is 6.17. The van der Waals surface area contributed by atoms with Crippen LogP contribution in [-0.2, 0) is 0 Å². The zero-order valence-corrected chi connectivity index (χ0v) is 10.8. The summed E-state index contributed by atoms with van der Waals surface area (Å²) < 4.78 is 1.68. The molecule has 0 spiro atoms. The van der Waals surface area contributed by atoms with E-state index in [0.29, 0.717) is 18.0 Å². The van der Waals surface area contributed by atoms with Gasteiger partial charge in [0.15, 0.2) is 0 Å². The van der Waals surface area contributed by atoms with Gasteiger partial charge in [-0.2, -0.15) is 5.10 Å². The molecule has 2 rings (SSSR count). The van der Waals surface area contributed by atoms with Crippen molar-refractivity contribution in [2.75, 3.05) is 19.5 Å². The SMILES string of the molecule is CN(CCCl)C(=O)c1cnn(-c2ccccc2)c1. The highest BCUT2D eigenvalue weighted by Gasteiger charge is 2.13. The van der Waals surface area contributed by atoms with Gasteiger partial charge in [0.2, 0.25) is 0 Å². The predicted octanol–water partition coefficient (Wildman–Crippen LogP) is 2.18. The van der Waals surface area contributed by atoms with Crippen molar-refractivity contribution >= 4 is 17.5 Å². The molecule has 0 unspecified atom stereocenters. The monoisotopic (exact) mass is 263 g/mol. The maximum Gasteiger partial charge on any atom is 0.256 e. The molecule has 0 fully saturated rings. The Morgan fingerprint density at radius 3 is 2.78 bits per heavy atom. The third-order valence-corrected chi connectivity index (χ3v) is 2.79. The van der Waals surface area contributed by atoms with E-state index in [2.05, 4.69) is 5.10 Å². The van der Waals surface area contributed by atoms with Crippen LogP contribution in [0.4, 0.5) is 0 Å². The third kappa shape index (κ3) is 2.71. The van der Waals surface area contributed by atoms with Crippen molar-refractivity contribution in [3.8, 4) is 5.69 Å². The van der Waals surface area contributed by atoms with Crippen LogP contribution in [0.3, 0.4) is 0 Å². The van der Waals surface area contributed by atoms with Gasteiger partial charge in [-0.05, 0) is 12.1 Å². The molecule has 2 aromatic rings. The lowest BCUT2D eigenvalue weighted by Gasteiger charge is -2.13. The molecule has 1 aromatic heterocycles. The highest BCUT2D eigenvalue weighted by Crippen LogP contribution is 2.09. The van der Waals surface area contributed by atoms with Crippen molar-refractivity contribution in [1.29, 1.82) is 0 Å². The fraction of sp³-hybridized carbons (Fsp3) is 0.231. The lowest BCUT2D eigenvalue weighted by atomic mass is 10.3. The zero-order valence-electron chi connectivity index (χ0n) is 10.1. The number of para-hydroxylation sites is 1. The van der Waals surface area contributed by atoms with Crippen LogP contribution < -0.4 is 0 Å². The van der Waals surface area contributed by atoms with Gasteiger partial charge in [-0.3, -0.25) is 4.79 Å². The van der Waals surface area contributed by atoms with Gasteiger partial charge >= 0.3 is 0 Å². The molecule has 0 saturated heterocycles. The van der Waals surface area contributed by atoms with Crippen LogP contribution in [0.2, 0.25) is 0 Å². The quantitative estimate of drug-likeness (QED) is 0.793. The fourth-order valence-corrected chi connectivity index (χ4v) is 1.86. The first-order valence-electron chi connectivity index (χ1n) is 5.64. The minimum Gasteiger partial charge on any atom is -0.340 e. The van der Waals surface area contributed by atoms with Crippen molar-refractivity contribution in [3.05, 3.63) is 48.3 Å². The molecule has 1 heterocycles. The van der Waals surface area contributed by atoms with Gasteiger partial charge in [-0.15, -0.1) is 11.6 Å². The average molecular weight is 264 g/mol. The second-order valence-corrected chi connectivity index (χ2v) is 4.30. The van der Waals surface area contributed by atoms with Crippen LogP contribution in [0, 0.1) is 0 Å². The third-order valence-electron chi connectivity index (χ3n) is 2.62. The summed E-state index contributed by atoms with van der Waals surface area (Å²) in [4.78, 5) is 13.6. The lowest BCUT2D eigenvalue weighted by molar-refractivity contribution is 0.0803. The van der Waals surface area contributed by atoms with E-state index in [1.54, 1.807) is 29.0 Å². The number of benzene rings is 1. The number of amides is 1. The highest BCUT2D eigenvalue weighted by molar-refractivity contribution is 6.18. The number of hydrogen-bond acceptors (Lipinski definition) is 2. The van der Waals surface area contributed by atoms with E-state index >= 15 is 0 Å². The summed E-state index contributed by atoms with van der Waals surface area (Å²) in [6, 6.07) is 9.66. The number of hydrogen-bond donors (Lipinski definition) is 0. The van der Waals surface area contributed by atoms with Crippen LogP contribution >= 0.6 is 11.6 Å². The Bertz CT molecular complexity index is 524. The average Bonchev–Trinajstić information content (AvgIpc) is 2.89. The highest BCUT2D eigenvalue weighted by atomic mass is 35.5. The number of alkyl halides is 1. The molecular formula is C13H14ClN3O.